The Bertz CT molecular complexity index is 1540. The van der Waals surface area contributed by atoms with Crippen LogP contribution < -0.4 is 9.64 Å². The number of amides is 1. The van der Waals surface area contributed by atoms with Crippen LogP contribution in [0.3, 0.4) is 0 Å². The summed E-state index contributed by atoms with van der Waals surface area (Å²) in [5.41, 5.74) is 1.25. The highest BCUT2D eigenvalue weighted by atomic mass is 19.4. The van der Waals surface area contributed by atoms with Gasteiger partial charge < -0.3 is 14.5 Å². The molecule has 0 spiro atoms. The Balaban J connectivity index is 1.58. The summed E-state index contributed by atoms with van der Waals surface area (Å²) in [5.74, 6) is -0.883. The van der Waals surface area contributed by atoms with Crippen LogP contribution in [0.1, 0.15) is 33.7 Å². The number of hydrogen-bond acceptors (Lipinski definition) is 4. The Labute approximate surface area is 229 Å². The van der Waals surface area contributed by atoms with E-state index in [0.717, 1.165) is 15.8 Å². The smallest absolute Gasteiger partial charge is 0.435 e. The summed E-state index contributed by atoms with van der Waals surface area (Å²) >= 11 is 0. The molecular weight excluding hydrogens is 524 g/mol. The molecular formula is C30H28F4N4O2. The molecule has 4 aromatic rings. The molecule has 40 heavy (non-hydrogen) atoms. The van der Waals surface area contributed by atoms with E-state index in [1.807, 2.05) is 43.3 Å². The third kappa shape index (κ3) is 5.19. The minimum absolute atomic E-state index is 0.00253. The number of carbonyl (C=O) groups excluding carboxylic acids is 1. The molecule has 2 heterocycles. The van der Waals surface area contributed by atoms with Crippen molar-refractivity contribution in [2.24, 2.45) is 0 Å². The molecule has 10 heteroatoms. The molecule has 0 saturated heterocycles. The van der Waals surface area contributed by atoms with E-state index in [9.17, 15) is 18.0 Å². The van der Waals surface area contributed by atoms with Gasteiger partial charge in [-0.1, -0.05) is 30.3 Å². The molecule has 0 N–H and O–H groups in total. The van der Waals surface area contributed by atoms with Gasteiger partial charge in [0, 0.05) is 18.7 Å². The summed E-state index contributed by atoms with van der Waals surface area (Å²) in [7, 11) is 5.36. The van der Waals surface area contributed by atoms with E-state index in [4.69, 9.17) is 4.74 Å². The molecule has 1 aliphatic rings. The van der Waals surface area contributed by atoms with Gasteiger partial charge >= 0.3 is 6.18 Å². The Morgan fingerprint density at radius 3 is 2.40 bits per heavy atom. The lowest BCUT2D eigenvalue weighted by Crippen LogP contribution is -2.33. The van der Waals surface area contributed by atoms with Crippen molar-refractivity contribution in [1.82, 2.24) is 14.7 Å². The monoisotopic (exact) mass is 552 g/mol. The zero-order chi connectivity index (χ0) is 28.6. The molecule has 0 radical (unpaired) electrons. The summed E-state index contributed by atoms with van der Waals surface area (Å²) < 4.78 is 63.8. The van der Waals surface area contributed by atoms with Gasteiger partial charge in [-0.2, -0.15) is 18.3 Å². The molecule has 0 fully saturated rings. The fourth-order valence-corrected chi connectivity index (χ4v) is 5.09. The molecule has 0 bridgehead atoms. The van der Waals surface area contributed by atoms with Crippen molar-refractivity contribution in [1.29, 1.82) is 0 Å². The van der Waals surface area contributed by atoms with Gasteiger partial charge in [-0.15, -0.1) is 0 Å². The molecule has 1 aliphatic heterocycles. The second kappa shape index (κ2) is 10.8. The van der Waals surface area contributed by atoms with E-state index in [-0.39, 0.29) is 42.0 Å². The highest BCUT2D eigenvalue weighted by Gasteiger charge is 2.42. The molecule has 1 amide bonds. The van der Waals surface area contributed by atoms with Crippen molar-refractivity contribution in [2.75, 3.05) is 32.6 Å². The molecule has 3 aromatic carbocycles. The average molecular weight is 553 g/mol. The number of ether oxygens (including phenoxy) is 1. The Morgan fingerprint density at radius 2 is 1.75 bits per heavy atom. The molecule has 0 atom stereocenters. The minimum atomic E-state index is -4.76. The van der Waals surface area contributed by atoms with Crippen LogP contribution in [0.25, 0.3) is 16.8 Å². The maximum absolute atomic E-state index is 15.7. The summed E-state index contributed by atoms with van der Waals surface area (Å²) in [6, 6.07) is 18.5. The first-order chi connectivity index (χ1) is 19.1. The number of benzene rings is 3. The summed E-state index contributed by atoms with van der Waals surface area (Å²) in [5, 5.41) is 3.82. The number of rotatable bonds is 6. The van der Waals surface area contributed by atoms with Crippen molar-refractivity contribution >= 4 is 11.6 Å². The number of carbonyl (C=O) groups is 1. The van der Waals surface area contributed by atoms with E-state index in [1.54, 1.807) is 18.2 Å². The number of fused-ring (bicyclic) bond motifs is 1. The van der Waals surface area contributed by atoms with Crippen molar-refractivity contribution < 1.29 is 27.1 Å². The lowest BCUT2D eigenvalue weighted by molar-refractivity contribution is -0.141. The van der Waals surface area contributed by atoms with Crippen molar-refractivity contribution in [2.45, 2.75) is 25.6 Å². The van der Waals surface area contributed by atoms with Crippen LogP contribution >= 0.6 is 0 Å². The number of aromatic nitrogens is 2. The fraction of sp³-hybridized carbons (Fsp3) is 0.267. The number of nitrogens with zero attached hydrogens (tertiary/aromatic N) is 4. The van der Waals surface area contributed by atoms with Crippen molar-refractivity contribution in [3.05, 3.63) is 95.1 Å². The SMILES string of the molecule is COc1ccc(-n2nc(C(F)(F)F)c3c2C(=O)N(c2ccc(-c4ccccc4CN(C)C)cc2F)CCC3)cc1. The number of halogens is 4. The zero-order valence-corrected chi connectivity index (χ0v) is 22.3. The number of methoxy groups -OCH3 is 1. The second-order valence-electron chi connectivity index (χ2n) is 9.90. The van der Waals surface area contributed by atoms with Gasteiger partial charge in [0.2, 0.25) is 0 Å². The summed E-state index contributed by atoms with van der Waals surface area (Å²) in [6.07, 6.45) is -4.58. The third-order valence-electron chi connectivity index (χ3n) is 6.88. The highest BCUT2D eigenvalue weighted by molar-refractivity contribution is 6.07. The first-order valence-electron chi connectivity index (χ1n) is 12.8. The van der Waals surface area contributed by atoms with Gasteiger partial charge in [0.15, 0.2) is 5.69 Å². The van der Waals surface area contributed by atoms with E-state index < -0.39 is 23.6 Å². The Morgan fingerprint density at radius 1 is 1.02 bits per heavy atom. The molecule has 6 nitrogen and oxygen atoms in total. The molecule has 0 unspecified atom stereocenters. The van der Waals surface area contributed by atoms with Crippen LogP contribution in [-0.2, 0) is 19.1 Å². The van der Waals surface area contributed by atoms with E-state index in [2.05, 4.69) is 5.10 Å². The molecule has 0 saturated carbocycles. The third-order valence-corrected chi connectivity index (χ3v) is 6.88. The summed E-state index contributed by atoms with van der Waals surface area (Å²) in [4.78, 5) is 17.1. The zero-order valence-electron chi connectivity index (χ0n) is 22.3. The molecule has 0 aliphatic carbocycles. The standard InChI is InChI=1S/C30H28F4N4O2/c1-36(2)18-20-7-4-5-8-23(20)19-10-15-26(25(31)17-19)37-16-6-9-24-27(29(37)39)38(35-28(24)30(32,33)34)21-11-13-22(40-3)14-12-21/h4-5,7-8,10-15,17H,6,9,16,18H2,1-3H3. The number of hydrogen-bond donors (Lipinski definition) is 0. The topological polar surface area (TPSA) is 50.6 Å². The van der Waals surface area contributed by atoms with E-state index in [0.29, 0.717) is 17.9 Å². The fourth-order valence-electron chi connectivity index (χ4n) is 5.09. The van der Waals surface area contributed by atoms with Gasteiger partial charge in [0.1, 0.15) is 17.3 Å². The van der Waals surface area contributed by atoms with Gasteiger partial charge in [0.05, 0.1) is 18.5 Å². The van der Waals surface area contributed by atoms with Crippen LogP contribution in [0.5, 0.6) is 5.75 Å². The molecule has 5 rings (SSSR count). The first kappa shape index (κ1) is 27.4. The van der Waals surface area contributed by atoms with Gasteiger partial charge in [-0.3, -0.25) is 4.79 Å². The predicted molar refractivity (Wildman–Crippen MR) is 144 cm³/mol. The normalized spacial score (nSPS) is 13.9. The highest BCUT2D eigenvalue weighted by Crippen LogP contribution is 2.38. The Kier molecular flexibility index (Phi) is 7.37. The Hall–Kier alpha value is -4.18. The lowest BCUT2D eigenvalue weighted by Gasteiger charge is -2.23. The van der Waals surface area contributed by atoms with Gasteiger partial charge in [0.25, 0.3) is 5.91 Å². The van der Waals surface area contributed by atoms with Crippen molar-refractivity contribution in [3.8, 4) is 22.6 Å². The van der Waals surface area contributed by atoms with Gasteiger partial charge in [-0.25, -0.2) is 9.07 Å². The quantitative estimate of drug-likeness (QED) is 0.261. The van der Waals surface area contributed by atoms with Crippen LogP contribution in [0.4, 0.5) is 23.2 Å². The van der Waals surface area contributed by atoms with E-state index >= 15 is 4.39 Å². The average Bonchev–Trinajstić information content (AvgIpc) is 3.23. The van der Waals surface area contributed by atoms with Crippen LogP contribution in [-0.4, -0.2) is 48.3 Å². The maximum atomic E-state index is 15.7. The summed E-state index contributed by atoms with van der Waals surface area (Å²) in [6.45, 7) is 0.713. The number of anilines is 1. The van der Waals surface area contributed by atoms with Crippen molar-refractivity contribution in [3.63, 3.8) is 0 Å². The predicted octanol–water partition coefficient (Wildman–Crippen LogP) is 6.36. The van der Waals surface area contributed by atoms with E-state index in [1.165, 1.54) is 36.3 Å². The lowest BCUT2D eigenvalue weighted by atomic mass is 9.98. The maximum Gasteiger partial charge on any atom is 0.435 e. The largest absolute Gasteiger partial charge is 0.497 e. The van der Waals surface area contributed by atoms with Crippen LogP contribution in [0.2, 0.25) is 0 Å². The minimum Gasteiger partial charge on any atom is -0.497 e. The van der Waals surface area contributed by atoms with Crippen LogP contribution in [0.15, 0.2) is 66.7 Å². The van der Waals surface area contributed by atoms with Gasteiger partial charge in [-0.05, 0) is 80.0 Å². The second-order valence-corrected chi connectivity index (χ2v) is 9.90. The number of alkyl halides is 3. The molecule has 1 aromatic heterocycles. The molecule has 208 valence electrons. The van der Waals surface area contributed by atoms with Crippen LogP contribution in [0, 0.1) is 5.82 Å². The first-order valence-corrected chi connectivity index (χ1v) is 12.8.